The molecule has 7 heteroatoms. The second-order valence-corrected chi connectivity index (χ2v) is 9.93. The second kappa shape index (κ2) is 8.34. The molecule has 4 nitrogen and oxygen atoms in total. The smallest absolute Gasteiger partial charge is 0.173 e. The zero-order chi connectivity index (χ0) is 19.6. The number of hydrogen-bond acceptors (Lipinski definition) is 6. The lowest BCUT2D eigenvalue weighted by Crippen LogP contribution is -2.25. The fourth-order valence-corrected chi connectivity index (χ4v) is 5.86. The highest BCUT2D eigenvalue weighted by molar-refractivity contribution is 7.73. The summed E-state index contributed by atoms with van der Waals surface area (Å²) in [5.41, 5.74) is 2.19. The molecule has 5 rings (SSSR count). The molecule has 1 fully saturated rings. The number of thiophene rings is 1. The van der Waals surface area contributed by atoms with Crippen LogP contribution in [-0.4, -0.2) is 27.6 Å². The van der Waals surface area contributed by atoms with E-state index in [1.165, 1.54) is 31.2 Å². The average molecular weight is 439 g/mol. The van der Waals surface area contributed by atoms with Gasteiger partial charge in [0.25, 0.3) is 0 Å². The topological polar surface area (TPSA) is 34.0 Å². The van der Waals surface area contributed by atoms with Gasteiger partial charge >= 0.3 is 0 Å². The lowest BCUT2D eigenvalue weighted by molar-refractivity contribution is 0.726. The third-order valence-corrected chi connectivity index (χ3v) is 7.63. The van der Waals surface area contributed by atoms with E-state index in [0.29, 0.717) is 0 Å². The van der Waals surface area contributed by atoms with Gasteiger partial charge in [-0.05, 0) is 42.1 Å². The largest absolute Gasteiger partial charge is 0.355 e. The molecule has 29 heavy (non-hydrogen) atoms. The van der Waals surface area contributed by atoms with E-state index in [4.69, 9.17) is 22.2 Å². The maximum atomic E-state index is 5.78. The predicted molar refractivity (Wildman–Crippen MR) is 126 cm³/mol. The van der Waals surface area contributed by atoms with E-state index >= 15 is 0 Å². The van der Waals surface area contributed by atoms with Crippen LogP contribution in [-0.2, 0) is 6.54 Å². The van der Waals surface area contributed by atoms with Crippen molar-refractivity contribution in [1.82, 2.24) is 14.5 Å². The van der Waals surface area contributed by atoms with Crippen molar-refractivity contribution in [3.05, 3.63) is 57.4 Å². The van der Waals surface area contributed by atoms with Gasteiger partial charge in [0.05, 0.1) is 11.4 Å². The molecule has 0 saturated carbocycles. The zero-order valence-corrected chi connectivity index (χ0v) is 18.5. The highest BCUT2D eigenvalue weighted by Crippen LogP contribution is 2.35. The number of fused-ring (bicyclic) bond motifs is 1. The van der Waals surface area contributed by atoms with Crippen LogP contribution in [0.15, 0.2) is 47.8 Å². The number of rotatable bonds is 4. The van der Waals surface area contributed by atoms with Gasteiger partial charge in [0.2, 0.25) is 0 Å². The number of thiazole rings is 1. The summed E-state index contributed by atoms with van der Waals surface area (Å²) in [5.74, 6) is 1.87. The average Bonchev–Trinajstić information content (AvgIpc) is 3.29. The number of hydrogen-bond donors (Lipinski definition) is 0. The Kier molecular flexibility index (Phi) is 5.44. The summed E-state index contributed by atoms with van der Waals surface area (Å²) in [7, 11) is 0. The number of anilines is 1. The SMILES string of the molecule is S=c1sc2c(N3CCCCCC3)nc(-c3cccs3)nc2n1Cc1ccccc1. The minimum atomic E-state index is 0.736. The molecule has 0 radical (unpaired) electrons. The monoisotopic (exact) mass is 438 g/mol. The number of benzene rings is 1. The maximum absolute atomic E-state index is 5.78. The molecule has 3 aromatic heterocycles. The van der Waals surface area contributed by atoms with Gasteiger partial charge in [0.15, 0.2) is 21.2 Å². The van der Waals surface area contributed by atoms with Crippen molar-refractivity contribution in [3.8, 4) is 10.7 Å². The van der Waals surface area contributed by atoms with Crippen LogP contribution in [0.2, 0.25) is 0 Å². The zero-order valence-electron chi connectivity index (χ0n) is 16.1. The summed E-state index contributed by atoms with van der Waals surface area (Å²) in [4.78, 5) is 13.6. The predicted octanol–water partition coefficient (Wildman–Crippen LogP) is 6.38. The van der Waals surface area contributed by atoms with Gasteiger partial charge in [-0.3, -0.25) is 0 Å². The molecule has 0 aliphatic carbocycles. The van der Waals surface area contributed by atoms with Crippen LogP contribution in [0.3, 0.4) is 0 Å². The molecule has 4 heterocycles. The molecule has 0 bridgehead atoms. The van der Waals surface area contributed by atoms with Crippen molar-refractivity contribution in [2.45, 2.75) is 32.2 Å². The van der Waals surface area contributed by atoms with Crippen molar-refractivity contribution in [3.63, 3.8) is 0 Å². The molecule has 1 aliphatic heterocycles. The van der Waals surface area contributed by atoms with E-state index in [1.807, 2.05) is 6.07 Å². The molecule has 0 atom stereocenters. The van der Waals surface area contributed by atoms with Crippen molar-refractivity contribution < 1.29 is 0 Å². The van der Waals surface area contributed by atoms with Gasteiger partial charge in [-0.15, -0.1) is 11.3 Å². The summed E-state index contributed by atoms with van der Waals surface area (Å²) in [5, 5.41) is 2.08. The Morgan fingerprint density at radius 2 is 1.72 bits per heavy atom. The first-order valence-electron chi connectivity index (χ1n) is 10.0. The van der Waals surface area contributed by atoms with Crippen molar-refractivity contribution in [1.29, 1.82) is 0 Å². The van der Waals surface area contributed by atoms with Gasteiger partial charge in [0, 0.05) is 13.1 Å². The Hall–Kier alpha value is -2.09. The van der Waals surface area contributed by atoms with E-state index in [9.17, 15) is 0 Å². The lowest BCUT2D eigenvalue weighted by atomic mass is 10.2. The Bertz CT molecular complexity index is 1150. The standard InChI is InChI=1S/C22H22N4S3/c27-22-26(15-16-9-4-3-5-10-16)21-18(29-22)20(25-12-6-1-2-7-13-25)23-19(24-21)17-11-8-14-28-17/h3-5,8-11,14H,1-2,6-7,12-13,15H2. The number of nitrogens with zero attached hydrogens (tertiary/aromatic N) is 4. The molecule has 0 unspecified atom stereocenters. The van der Waals surface area contributed by atoms with Gasteiger partial charge < -0.3 is 9.47 Å². The molecule has 1 saturated heterocycles. The quantitative estimate of drug-likeness (QED) is 0.346. The first kappa shape index (κ1) is 18.9. The lowest BCUT2D eigenvalue weighted by Gasteiger charge is -2.22. The van der Waals surface area contributed by atoms with Crippen LogP contribution in [0, 0.1) is 3.95 Å². The van der Waals surface area contributed by atoms with E-state index in [-0.39, 0.29) is 0 Å². The van der Waals surface area contributed by atoms with Gasteiger partial charge in [0.1, 0.15) is 4.70 Å². The minimum Gasteiger partial charge on any atom is -0.355 e. The summed E-state index contributed by atoms with van der Waals surface area (Å²) in [6, 6.07) is 14.6. The Balaban J connectivity index is 1.69. The summed E-state index contributed by atoms with van der Waals surface area (Å²) in [6.45, 7) is 2.85. The molecular weight excluding hydrogens is 416 g/mol. The van der Waals surface area contributed by atoms with Crippen LogP contribution in [0.25, 0.3) is 21.0 Å². The summed E-state index contributed by atoms with van der Waals surface area (Å²) >= 11 is 9.11. The van der Waals surface area contributed by atoms with E-state index in [2.05, 4.69) is 51.2 Å². The molecule has 1 aromatic carbocycles. The van der Waals surface area contributed by atoms with Crippen LogP contribution < -0.4 is 4.90 Å². The highest BCUT2D eigenvalue weighted by Gasteiger charge is 2.21. The normalized spacial score (nSPS) is 15.0. The molecule has 0 amide bonds. The van der Waals surface area contributed by atoms with E-state index in [1.54, 1.807) is 22.7 Å². The third kappa shape index (κ3) is 3.86. The molecule has 0 N–H and O–H groups in total. The maximum Gasteiger partial charge on any atom is 0.173 e. The van der Waals surface area contributed by atoms with E-state index in [0.717, 1.165) is 50.5 Å². The fourth-order valence-electron chi connectivity index (χ4n) is 3.85. The summed E-state index contributed by atoms with van der Waals surface area (Å²) in [6.07, 6.45) is 5.03. The van der Waals surface area contributed by atoms with Crippen LogP contribution in [0.1, 0.15) is 31.2 Å². The van der Waals surface area contributed by atoms with Gasteiger partial charge in [-0.2, -0.15) is 0 Å². The fraction of sp³-hybridized carbons (Fsp3) is 0.318. The van der Waals surface area contributed by atoms with Gasteiger partial charge in [-0.25, -0.2) is 9.97 Å². The Labute approximate surface area is 183 Å². The highest BCUT2D eigenvalue weighted by atomic mass is 32.1. The van der Waals surface area contributed by atoms with Crippen LogP contribution in [0.4, 0.5) is 5.82 Å². The number of aromatic nitrogens is 3. The summed E-state index contributed by atoms with van der Waals surface area (Å²) < 4.78 is 4.15. The molecule has 0 spiro atoms. The van der Waals surface area contributed by atoms with Crippen LogP contribution in [0.5, 0.6) is 0 Å². The second-order valence-electron chi connectivity index (χ2n) is 7.34. The molecule has 4 aromatic rings. The van der Waals surface area contributed by atoms with Crippen molar-refractivity contribution in [2.24, 2.45) is 0 Å². The Morgan fingerprint density at radius 1 is 0.931 bits per heavy atom. The molecule has 1 aliphatic rings. The third-order valence-electron chi connectivity index (χ3n) is 5.33. The first-order chi connectivity index (χ1) is 14.3. The van der Waals surface area contributed by atoms with Crippen molar-refractivity contribution >= 4 is 51.1 Å². The minimum absolute atomic E-state index is 0.736. The van der Waals surface area contributed by atoms with Gasteiger partial charge in [-0.1, -0.05) is 60.6 Å². The molecule has 148 valence electrons. The first-order valence-corrected chi connectivity index (χ1v) is 12.1. The molecular formula is C22H22N4S3. The van der Waals surface area contributed by atoms with Crippen LogP contribution >= 0.6 is 34.9 Å². The van der Waals surface area contributed by atoms with E-state index < -0.39 is 0 Å². The van der Waals surface area contributed by atoms with Crippen molar-refractivity contribution in [2.75, 3.05) is 18.0 Å². The Morgan fingerprint density at radius 3 is 2.45 bits per heavy atom.